The Morgan fingerprint density at radius 2 is 2.64 bits per heavy atom. The van der Waals surface area contributed by atoms with Crippen LogP contribution in [0.15, 0.2) is 11.4 Å². The Kier molecular flexibility index (Phi) is 2.84. The van der Waals surface area contributed by atoms with E-state index in [1.807, 2.05) is 12.3 Å². The SMILES string of the molecule is CCOC(=O)C1NCCc2ccsc21. The molecule has 2 rings (SSSR count). The number of nitrogens with one attached hydrogen (secondary N) is 1. The standard InChI is InChI=1S/C10H13NO2S/c1-2-13-10(12)8-9-7(3-5-11-8)4-6-14-9/h4,6,8,11H,2-3,5H2,1H3. The van der Waals surface area contributed by atoms with E-state index in [2.05, 4.69) is 11.4 Å². The van der Waals surface area contributed by atoms with Crippen molar-refractivity contribution in [2.45, 2.75) is 19.4 Å². The maximum absolute atomic E-state index is 11.6. The number of esters is 1. The van der Waals surface area contributed by atoms with Gasteiger partial charge in [0.15, 0.2) is 0 Å². The summed E-state index contributed by atoms with van der Waals surface area (Å²) < 4.78 is 5.01. The first kappa shape index (κ1) is 9.68. The molecule has 1 atom stereocenters. The summed E-state index contributed by atoms with van der Waals surface area (Å²) in [6.07, 6.45) is 1.01. The summed E-state index contributed by atoms with van der Waals surface area (Å²) in [5.74, 6) is -0.157. The second-order valence-corrected chi connectivity index (χ2v) is 4.15. The van der Waals surface area contributed by atoms with E-state index in [-0.39, 0.29) is 12.0 Å². The molecule has 0 aromatic carbocycles. The van der Waals surface area contributed by atoms with E-state index < -0.39 is 0 Å². The van der Waals surface area contributed by atoms with Crippen LogP contribution in [0.1, 0.15) is 23.4 Å². The Balaban J connectivity index is 2.19. The molecule has 0 aliphatic carbocycles. The second kappa shape index (κ2) is 4.11. The lowest BCUT2D eigenvalue weighted by molar-refractivity contribution is -0.145. The smallest absolute Gasteiger partial charge is 0.328 e. The fourth-order valence-electron chi connectivity index (χ4n) is 1.67. The third-order valence-electron chi connectivity index (χ3n) is 2.31. The number of thiophene rings is 1. The van der Waals surface area contributed by atoms with Gasteiger partial charge in [0.05, 0.1) is 6.61 Å². The molecule has 1 aliphatic heterocycles. The average Bonchev–Trinajstić information content (AvgIpc) is 2.65. The van der Waals surface area contributed by atoms with Crippen LogP contribution in [0.2, 0.25) is 0 Å². The molecule has 0 fully saturated rings. The van der Waals surface area contributed by atoms with Crippen molar-refractivity contribution in [1.82, 2.24) is 5.32 Å². The maximum Gasteiger partial charge on any atom is 0.328 e. The normalized spacial score (nSPS) is 20.2. The van der Waals surface area contributed by atoms with Gasteiger partial charge >= 0.3 is 5.97 Å². The van der Waals surface area contributed by atoms with Crippen molar-refractivity contribution in [3.63, 3.8) is 0 Å². The molecule has 0 saturated heterocycles. The third kappa shape index (κ3) is 1.67. The first-order valence-corrected chi connectivity index (χ1v) is 5.67. The Hall–Kier alpha value is -0.870. The predicted octanol–water partition coefficient (Wildman–Crippen LogP) is 1.50. The topological polar surface area (TPSA) is 38.3 Å². The summed E-state index contributed by atoms with van der Waals surface area (Å²) >= 11 is 1.62. The van der Waals surface area contributed by atoms with E-state index in [0.29, 0.717) is 6.61 Å². The highest BCUT2D eigenvalue weighted by molar-refractivity contribution is 7.10. The van der Waals surface area contributed by atoms with Gasteiger partial charge in [0.25, 0.3) is 0 Å². The van der Waals surface area contributed by atoms with Crippen molar-refractivity contribution in [3.8, 4) is 0 Å². The van der Waals surface area contributed by atoms with Crippen LogP contribution in [0, 0.1) is 0 Å². The van der Waals surface area contributed by atoms with Crippen LogP contribution in [-0.4, -0.2) is 19.1 Å². The van der Waals surface area contributed by atoms with Gasteiger partial charge in [-0.15, -0.1) is 11.3 Å². The Morgan fingerprint density at radius 3 is 3.43 bits per heavy atom. The van der Waals surface area contributed by atoms with Crippen molar-refractivity contribution in [2.75, 3.05) is 13.2 Å². The van der Waals surface area contributed by atoms with Crippen molar-refractivity contribution >= 4 is 17.3 Å². The van der Waals surface area contributed by atoms with E-state index >= 15 is 0 Å². The minimum atomic E-state index is -0.237. The summed E-state index contributed by atoms with van der Waals surface area (Å²) in [5, 5.41) is 5.21. The van der Waals surface area contributed by atoms with E-state index in [1.54, 1.807) is 11.3 Å². The molecule has 0 radical (unpaired) electrons. The molecule has 1 unspecified atom stereocenters. The summed E-state index contributed by atoms with van der Waals surface area (Å²) in [6.45, 7) is 3.13. The van der Waals surface area contributed by atoms with Crippen LogP contribution in [0.25, 0.3) is 0 Å². The van der Waals surface area contributed by atoms with Crippen LogP contribution in [0.4, 0.5) is 0 Å². The van der Waals surface area contributed by atoms with Gasteiger partial charge in [-0.25, -0.2) is 4.79 Å². The van der Waals surface area contributed by atoms with Gasteiger partial charge in [-0.2, -0.15) is 0 Å². The minimum Gasteiger partial charge on any atom is -0.465 e. The molecule has 3 nitrogen and oxygen atoms in total. The zero-order valence-corrected chi connectivity index (χ0v) is 8.89. The number of rotatable bonds is 2. The highest BCUT2D eigenvalue weighted by atomic mass is 32.1. The Labute approximate surface area is 87.1 Å². The van der Waals surface area contributed by atoms with Crippen LogP contribution in [0.3, 0.4) is 0 Å². The lowest BCUT2D eigenvalue weighted by Gasteiger charge is -2.21. The molecular formula is C10H13NO2S. The molecule has 1 N–H and O–H groups in total. The summed E-state index contributed by atoms with van der Waals surface area (Å²) in [6, 6.07) is 1.85. The van der Waals surface area contributed by atoms with Gasteiger partial charge < -0.3 is 4.74 Å². The monoisotopic (exact) mass is 211 g/mol. The van der Waals surface area contributed by atoms with Crippen LogP contribution in [-0.2, 0) is 16.0 Å². The summed E-state index contributed by atoms with van der Waals surface area (Å²) in [7, 11) is 0. The number of fused-ring (bicyclic) bond motifs is 1. The Bertz CT molecular complexity index is 335. The van der Waals surface area contributed by atoms with Crippen LogP contribution < -0.4 is 5.32 Å². The van der Waals surface area contributed by atoms with Crippen molar-refractivity contribution in [2.24, 2.45) is 0 Å². The zero-order chi connectivity index (χ0) is 9.97. The number of carbonyl (C=O) groups excluding carboxylic acids is 1. The quantitative estimate of drug-likeness (QED) is 0.753. The molecule has 1 aromatic heterocycles. The molecule has 1 aromatic rings. The molecule has 4 heteroatoms. The number of carbonyl (C=O) groups is 1. The van der Waals surface area contributed by atoms with E-state index in [9.17, 15) is 4.79 Å². The van der Waals surface area contributed by atoms with E-state index in [4.69, 9.17) is 4.74 Å². The fourth-order valence-corrected chi connectivity index (χ4v) is 2.68. The average molecular weight is 211 g/mol. The lowest BCUT2D eigenvalue weighted by Crippen LogP contribution is -2.35. The number of hydrogen-bond donors (Lipinski definition) is 1. The first-order valence-electron chi connectivity index (χ1n) is 4.79. The maximum atomic E-state index is 11.6. The second-order valence-electron chi connectivity index (χ2n) is 3.20. The Morgan fingerprint density at radius 1 is 1.79 bits per heavy atom. The number of hydrogen-bond acceptors (Lipinski definition) is 4. The van der Waals surface area contributed by atoms with Gasteiger partial charge in [0.2, 0.25) is 0 Å². The van der Waals surface area contributed by atoms with Crippen molar-refractivity contribution in [3.05, 3.63) is 21.9 Å². The molecule has 0 spiro atoms. The molecule has 14 heavy (non-hydrogen) atoms. The zero-order valence-electron chi connectivity index (χ0n) is 8.08. The molecular weight excluding hydrogens is 198 g/mol. The molecule has 2 heterocycles. The molecule has 0 amide bonds. The van der Waals surface area contributed by atoms with Crippen molar-refractivity contribution in [1.29, 1.82) is 0 Å². The van der Waals surface area contributed by atoms with Crippen LogP contribution >= 0.6 is 11.3 Å². The molecule has 0 bridgehead atoms. The van der Waals surface area contributed by atoms with Gasteiger partial charge in [0.1, 0.15) is 6.04 Å². The van der Waals surface area contributed by atoms with E-state index in [1.165, 1.54) is 5.56 Å². The largest absolute Gasteiger partial charge is 0.465 e. The first-order chi connectivity index (χ1) is 6.83. The number of ether oxygens (including phenoxy) is 1. The van der Waals surface area contributed by atoms with Gasteiger partial charge in [-0.1, -0.05) is 0 Å². The van der Waals surface area contributed by atoms with Gasteiger partial charge in [-0.05, 0) is 30.4 Å². The van der Waals surface area contributed by atoms with Crippen molar-refractivity contribution < 1.29 is 9.53 Å². The molecule has 1 aliphatic rings. The predicted molar refractivity (Wildman–Crippen MR) is 55.4 cm³/mol. The van der Waals surface area contributed by atoms with Crippen LogP contribution in [0.5, 0.6) is 0 Å². The fraction of sp³-hybridized carbons (Fsp3) is 0.500. The third-order valence-corrected chi connectivity index (χ3v) is 3.33. The summed E-state index contributed by atoms with van der Waals surface area (Å²) in [4.78, 5) is 12.7. The van der Waals surface area contributed by atoms with Gasteiger partial charge in [-0.3, -0.25) is 5.32 Å². The minimum absolute atomic E-state index is 0.157. The summed E-state index contributed by atoms with van der Waals surface area (Å²) in [5.41, 5.74) is 1.28. The molecule has 76 valence electrons. The highest BCUT2D eigenvalue weighted by Crippen LogP contribution is 2.28. The highest BCUT2D eigenvalue weighted by Gasteiger charge is 2.27. The van der Waals surface area contributed by atoms with Gasteiger partial charge in [0, 0.05) is 11.4 Å². The molecule has 0 saturated carbocycles. The lowest BCUT2D eigenvalue weighted by atomic mass is 10.0. The van der Waals surface area contributed by atoms with E-state index in [0.717, 1.165) is 17.8 Å².